The first-order chi connectivity index (χ1) is 19.3. The van der Waals surface area contributed by atoms with Gasteiger partial charge in [-0.3, -0.25) is 0 Å². The maximum atomic E-state index is 2.35. The molecule has 8 aromatic carbocycles. The van der Waals surface area contributed by atoms with Crippen molar-refractivity contribution in [3.8, 4) is 22.3 Å². The van der Waals surface area contributed by atoms with Gasteiger partial charge >= 0.3 is 0 Å². The van der Waals surface area contributed by atoms with Crippen LogP contribution in [-0.2, 0) is 0 Å². The maximum Gasteiger partial charge on any atom is -0.00201 e. The Balaban J connectivity index is 1.51. The van der Waals surface area contributed by atoms with Gasteiger partial charge in [-0.1, -0.05) is 133 Å². The first-order valence-electron chi connectivity index (χ1n) is 13.6. The van der Waals surface area contributed by atoms with Crippen molar-refractivity contribution in [2.75, 3.05) is 0 Å². The second-order valence-corrected chi connectivity index (χ2v) is 10.6. The third-order valence-electron chi connectivity index (χ3n) is 8.28. The summed E-state index contributed by atoms with van der Waals surface area (Å²) >= 11 is 0. The lowest BCUT2D eigenvalue weighted by molar-refractivity contribution is 1.47. The van der Waals surface area contributed by atoms with Crippen molar-refractivity contribution in [2.24, 2.45) is 0 Å². The van der Waals surface area contributed by atoms with Crippen molar-refractivity contribution >= 4 is 53.9 Å². The zero-order chi connectivity index (χ0) is 25.9. The summed E-state index contributed by atoms with van der Waals surface area (Å²) < 4.78 is 0. The van der Waals surface area contributed by atoms with Crippen LogP contribution in [-0.4, -0.2) is 0 Å². The molecular weight excluding hydrogens is 468 g/mol. The van der Waals surface area contributed by atoms with Crippen LogP contribution in [0.3, 0.4) is 0 Å². The Kier molecular flexibility index (Phi) is 4.84. The van der Waals surface area contributed by atoms with Crippen molar-refractivity contribution in [3.05, 3.63) is 145 Å². The zero-order valence-corrected chi connectivity index (χ0v) is 21.8. The fourth-order valence-electron chi connectivity index (χ4n) is 6.45. The summed E-state index contributed by atoms with van der Waals surface area (Å²) in [6.45, 7) is 2.15. The van der Waals surface area contributed by atoms with Gasteiger partial charge in [0.05, 0.1) is 0 Å². The van der Waals surface area contributed by atoms with E-state index in [-0.39, 0.29) is 0 Å². The molecule has 0 fully saturated rings. The van der Waals surface area contributed by atoms with Crippen LogP contribution in [0.5, 0.6) is 0 Å². The molecular formula is C39H26. The first-order valence-corrected chi connectivity index (χ1v) is 13.6. The summed E-state index contributed by atoms with van der Waals surface area (Å²) in [7, 11) is 0. The second-order valence-electron chi connectivity index (χ2n) is 10.6. The lowest BCUT2D eigenvalue weighted by atomic mass is 9.84. The third-order valence-corrected chi connectivity index (χ3v) is 8.28. The highest BCUT2D eigenvalue weighted by Crippen LogP contribution is 2.45. The average Bonchev–Trinajstić information content (AvgIpc) is 2.99. The lowest BCUT2D eigenvalue weighted by Gasteiger charge is -2.19. The van der Waals surface area contributed by atoms with Gasteiger partial charge in [0, 0.05) is 0 Å². The van der Waals surface area contributed by atoms with Gasteiger partial charge in [-0.05, 0) is 95.2 Å². The highest BCUT2D eigenvalue weighted by atomic mass is 14.2. The average molecular weight is 495 g/mol. The number of benzene rings is 8. The van der Waals surface area contributed by atoms with Gasteiger partial charge in [-0.25, -0.2) is 0 Å². The fraction of sp³-hybridized carbons (Fsp3) is 0.0256. The number of fused-ring (bicyclic) bond motifs is 6. The van der Waals surface area contributed by atoms with Gasteiger partial charge in [0.1, 0.15) is 0 Å². The molecule has 0 spiro atoms. The number of aryl methyl sites for hydroxylation is 1. The largest absolute Gasteiger partial charge is 0.0616 e. The molecule has 0 aromatic heterocycles. The standard InChI is InChI=1S/C39H26/c1-25-17-19-26(20-18-25)38-33-11-4-6-13-35(33)39(36-14-7-5-12-34(36)38)32-16-8-15-30-31(32)22-21-29-23-27-9-2-3-10-28(27)24-37(29)30/h2-24H,1H3. The number of hydrogen-bond acceptors (Lipinski definition) is 0. The molecule has 0 nitrogen and oxygen atoms in total. The SMILES string of the molecule is Cc1ccc(-c2c3ccccc3c(-c3cccc4c3ccc3cc5ccccc5cc34)c3ccccc23)cc1. The Morgan fingerprint density at radius 1 is 0.333 bits per heavy atom. The van der Waals surface area contributed by atoms with E-state index in [0.29, 0.717) is 0 Å². The van der Waals surface area contributed by atoms with Crippen molar-refractivity contribution < 1.29 is 0 Å². The molecule has 0 atom stereocenters. The summed E-state index contributed by atoms with van der Waals surface area (Å²) in [6, 6.07) is 51.5. The molecule has 0 heteroatoms. The van der Waals surface area contributed by atoms with Crippen LogP contribution in [0, 0.1) is 6.92 Å². The van der Waals surface area contributed by atoms with E-state index in [1.54, 1.807) is 0 Å². The van der Waals surface area contributed by atoms with Gasteiger partial charge < -0.3 is 0 Å². The predicted octanol–water partition coefficient (Wildman–Crippen LogP) is 11.1. The topological polar surface area (TPSA) is 0 Å². The summed E-state index contributed by atoms with van der Waals surface area (Å²) in [4.78, 5) is 0. The molecule has 0 aliphatic rings. The minimum atomic E-state index is 1.26. The van der Waals surface area contributed by atoms with E-state index in [1.165, 1.54) is 81.7 Å². The lowest BCUT2D eigenvalue weighted by Crippen LogP contribution is -1.92. The Morgan fingerprint density at radius 2 is 0.897 bits per heavy atom. The third kappa shape index (κ3) is 3.39. The highest BCUT2D eigenvalue weighted by molar-refractivity contribution is 6.25. The molecule has 0 aliphatic carbocycles. The van der Waals surface area contributed by atoms with Gasteiger partial charge in [0.25, 0.3) is 0 Å². The smallest absolute Gasteiger partial charge is 0.00201 e. The van der Waals surface area contributed by atoms with Crippen LogP contribution in [0.4, 0.5) is 0 Å². The first kappa shape index (κ1) is 22.1. The molecule has 182 valence electrons. The zero-order valence-electron chi connectivity index (χ0n) is 21.8. The van der Waals surface area contributed by atoms with Gasteiger partial charge in [-0.2, -0.15) is 0 Å². The molecule has 0 bridgehead atoms. The Morgan fingerprint density at radius 3 is 1.56 bits per heavy atom. The monoisotopic (exact) mass is 494 g/mol. The van der Waals surface area contributed by atoms with Crippen molar-refractivity contribution in [3.63, 3.8) is 0 Å². The molecule has 0 saturated carbocycles. The predicted molar refractivity (Wildman–Crippen MR) is 170 cm³/mol. The molecule has 0 saturated heterocycles. The van der Waals surface area contributed by atoms with E-state index in [2.05, 4.69) is 146 Å². The summed E-state index contributed by atoms with van der Waals surface area (Å²) in [5.41, 5.74) is 6.44. The van der Waals surface area contributed by atoms with Gasteiger partial charge in [0.2, 0.25) is 0 Å². The molecule has 39 heavy (non-hydrogen) atoms. The second kappa shape index (κ2) is 8.55. The van der Waals surface area contributed by atoms with E-state index < -0.39 is 0 Å². The Bertz CT molecular complexity index is 2160. The molecule has 0 radical (unpaired) electrons. The number of rotatable bonds is 2. The normalized spacial score (nSPS) is 11.7. The summed E-state index contributed by atoms with van der Waals surface area (Å²) in [5.74, 6) is 0. The van der Waals surface area contributed by atoms with Crippen LogP contribution in [0.25, 0.3) is 76.1 Å². The molecule has 0 unspecified atom stereocenters. The molecule has 8 rings (SSSR count). The van der Waals surface area contributed by atoms with E-state index in [9.17, 15) is 0 Å². The Labute approximate surface area is 227 Å². The minimum absolute atomic E-state index is 1.26. The van der Waals surface area contributed by atoms with Crippen LogP contribution in [0.15, 0.2) is 140 Å². The van der Waals surface area contributed by atoms with Crippen LogP contribution in [0.2, 0.25) is 0 Å². The molecule has 0 aliphatic heterocycles. The Hall–Kier alpha value is -4.94. The van der Waals surface area contributed by atoms with E-state index >= 15 is 0 Å². The molecule has 0 amide bonds. The maximum absolute atomic E-state index is 2.35. The van der Waals surface area contributed by atoms with Crippen LogP contribution >= 0.6 is 0 Å². The van der Waals surface area contributed by atoms with E-state index in [4.69, 9.17) is 0 Å². The van der Waals surface area contributed by atoms with Crippen molar-refractivity contribution in [2.45, 2.75) is 6.92 Å². The fourth-order valence-corrected chi connectivity index (χ4v) is 6.45. The number of hydrogen-bond donors (Lipinski definition) is 0. The molecule has 8 aromatic rings. The van der Waals surface area contributed by atoms with Crippen molar-refractivity contribution in [1.29, 1.82) is 0 Å². The molecule has 0 N–H and O–H groups in total. The summed E-state index contributed by atoms with van der Waals surface area (Å²) in [6.07, 6.45) is 0. The van der Waals surface area contributed by atoms with Gasteiger partial charge in [-0.15, -0.1) is 0 Å². The van der Waals surface area contributed by atoms with Crippen LogP contribution in [0.1, 0.15) is 5.56 Å². The minimum Gasteiger partial charge on any atom is -0.0616 e. The summed E-state index contributed by atoms with van der Waals surface area (Å²) in [5, 5.41) is 12.9. The molecule has 0 heterocycles. The van der Waals surface area contributed by atoms with Gasteiger partial charge in [0.15, 0.2) is 0 Å². The van der Waals surface area contributed by atoms with E-state index in [0.717, 1.165) is 0 Å². The highest BCUT2D eigenvalue weighted by Gasteiger charge is 2.18. The van der Waals surface area contributed by atoms with E-state index in [1.807, 2.05) is 0 Å². The quantitative estimate of drug-likeness (QED) is 0.166. The van der Waals surface area contributed by atoms with Crippen LogP contribution < -0.4 is 0 Å². The van der Waals surface area contributed by atoms with Crippen molar-refractivity contribution in [1.82, 2.24) is 0 Å².